The van der Waals surface area contributed by atoms with E-state index in [9.17, 15) is 19.5 Å². The molecule has 0 aliphatic carbocycles. The lowest BCUT2D eigenvalue weighted by Crippen LogP contribution is -2.60. The van der Waals surface area contributed by atoms with Gasteiger partial charge in [-0.25, -0.2) is 0 Å². The lowest BCUT2D eigenvalue weighted by Gasteiger charge is -2.40. The molecule has 2 bridgehead atoms. The zero-order valence-electron chi connectivity index (χ0n) is 25.1. The van der Waals surface area contributed by atoms with Crippen molar-refractivity contribution in [3.8, 4) is 0 Å². The second kappa shape index (κ2) is 12.5. The molecular formula is C33H47N3O5. The van der Waals surface area contributed by atoms with Gasteiger partial charge in [0.2, 0.25) is 17.7 Å². The average molecular weight is 566 g/mol. The Balaban J connectivity index is 1.86. The van der Waals surface area contributed by atoms with E-state index in [-0.39, 0.29) is 30.4 Å². The van der Waals surface area contributed by atoms with Crippen LogP contribution >= 0.6 is 0 Å². The Labute approximate surface area is 245 Å². The summed E-state index contributed by atoms with van der Waals surface area (Å²) in [6.07, 6.45) is 6.23. The van der Waals surface area contributed by atoms with Crippen molar-refractivity contribution >= 4 is 17.7 Å². The Morgan fingerprint density at radius 1 is 1.12 bits per heavy atom. The molecule has 8 heteroatoms. The zero-order valence-corrected chi connectivity index (χ0v) is 25.1. The molecule has 0 aromatic heterocycles. The SMILES string of the molecule is C=CCN(CCC)C(=O)[C@H]1[C@H]2C(=O)N([C@@H](CO)Cc3ccccc3)C(C(=O)N(CC=C)C(C)C)C23CC[C@]1(CC)O3. The third kappa shape index (κ3) is 5.14. The standard InChI is InChI=1S/C33H47N3O5/c1-7-18-34(19-8-2)29(38)26-27-30(39)36(25(22-37)21-24-14-12-11-13-15-24)28(31(40)35(20-9-3)23(5)6)33(27)17-16-32(26,10-4)41-33/h7,9,11-15,23,25-28,37H,1,3,8,10,16-22H2,2,4-6H3/t25-,26-,27+,28?,32+,33?/m1/s1. The largest absolute Gasteiger partial charge is 0.394 e. The van der Waals surface area contributed by atoms with Gasteiger partial charge in [-0.05, 0) is 51.5 Å². The number of ether oxygens (including phenoxy) is 1. The van der Waals surface area contributed by atoms with Crippen molar-refractivity contribution in [2.24, 2.45) is 11.8 Å². The van der Waals surface area contributed by atoms with E-state index in [0.717, 1.165) is 12.0 Å². The number of likely N-dealkylation sites (tertiary alicyclic amines) is 1. The number of aliphatic hydroxyl groups is 1. The molecule has 224 valence electrons. The summed E-state index contributed by atoms with van der Waals surface area (Å²) in [4.78, 5) is 48.6. The number of hydrogen-bond acceptors (Lipinski definition) is 5. The number of hydrogen-bond donors (Lipinski definition) is 1. The maximum atomic E-state index is 14.7. The summed E-state index contributed by atoms with van der Waals surface area (Å²) in [6.45, 7) is 16.5. The van der Waals surface area contributed by atoms with E-state index in [4.69, 9.17) is 4.74 Å². The van der Waals surface area contributed by atoms with Crippen LogP contribution in [-0.4, -0.2) is 93.1 Å². The van der Waals surface area contributed by atoms with Crippen LogP contribution < -0.4 is 0 Å². The molecule has 3 fully saturated rings. The average Bonchev–Trinajstić information content (AvgIpc) is 3.57. The van der Waals surface area contributed by atoms with Crippen LogP contribution in [0, 0.1) is 11.8 Å². The van der Waals surface area contributed by atoms with Crippen LogP contribution in [0.1, 0.15) is 58.9 Å². The number of carbonyl (C=O) groups is 3. The van der Waals surface area contributed by atoms with Crippen LogP contribution in [0.15, 0.2) is 55.6 Å². The summed E-state index contributed by atoms with van der Waals surface area (Å²) < 4.78 is 6.96. The second-order valence-corrected chi connectivity index (χ2v) is 12.1. The Morgan fingerprint density at radius 3 is 2.37 bits per heavy atom. The fraction of sp³-hybridized carbons (Fsp3) is 0.606. The first-order valence-electron chi connectivity index (χ1n) is 15.1. The number of aliphatic hydroxyl groups excluding tert-OH is 1. The normalized spacial score (nSPS) is 29.0. The van der Waals surface area contributed by atoms with Crippen LogP contribution in [-0.2, 0) is 25.5 Å². The molecule has 1 N–H and O–H groups in total. The van der Waals surface area contributed by atoms with E-state index >= 15 is 0 Å². The number of fused-ring (bicyclic) bond motifs is 1. The zero-order chi connectivity index (χ0) is 29.9. The highest BCUT2D eigenvalue weighted by molar-refractivity contribution is 5.99. The fourth-order valence-electron chi connectivity index (χ4n) is 7.61. The summed E-state index contributed by atoms with van der Waals surface area (Å²) in [5, 5.41) is 10.7. The molecule has 2 unspecified atom stereocenters. The maximum Gasteiger partial charge on any atom is 0.248 e. The van der Waals surface area contributed by atoms with Gasteiger partial charge in [0.25, 0.3) is 0 Å². The van der Waals surface area contributed by atoms with Gasteiger partial charge in [0.15, 0.2) is 0 Å². The van der Waals surface area contributed by atoms with Gasteiger partial charge < -0.3 is 24.5 Å². The molecule has 3 heterocycles. The van der Waals surface area contributed by atoms with Crippen molar-refractivity contribution in [2.45, 2.75) is 89.1 Å². The van der Waals surface area contributed by atoms with Gasteiger partial charge in [-0.1, -0.05) is 56.3 Å². The topological polar surface area (TPSA) is 90.4 Å². The van der Waals surface area contributed by atoms with Crippen LogP contribution in [0.3, 0.4) is 0 Å². The molecule has 0 saturated carbocycles. The number of benzene rings is 1. The number of nitrogens with zero attached hydrogens (tertiary/aromatic N) is 3. The highest BCUT2D eigenvalue weighted by atomic mass is 16.5. The molecule has 3 saturated heterocycles. The molecule has 6 atom stereocenters. The quantitative estimate of drug-likeness (QED) is 0.348. The molecule has 3 aliphatic heterocycles. The summed E-state index contributed by atoms with van der Waals surface area (Å²) >= 11 is 0. The summed E-state index contributed by atoms with van der Waals surface area (Å²) in [5.41, 5.74) is -1.01. The number of rotatable bonds is 14. The maximum absolute atomic E-state index is 14.7. The smallest absolute Gasteiger partial charge is 0.248 e. The van der Waals surface area contributed by atoms with E-state index in [1.807, 2.05) is 58.0 Å². The molecule has 1 aromatic rings. The third-order valence-electron chi connectivity index (χ3n) is 9.42. The minimum atomic E-state index is -1.14. The van der Waals surface area contributed by atoms with Crippen molar-refractivity contribution in [2.75, 3.05) is 26.2 Å². The molecule has 0 radical (unpaired) electrons. The Kier molecular flexibility index (Phi) is 9.44. The highest BCUT2D eigenvalue weighted by Gasteiger charge is 2.79. The monoisotopic (exact) mass is 565 g/mol. The highest BCUT2D eigenvalue weighted by Crippen LogP contribution is 2.65. The van der Waals surface area contributed by atoms with Gasteiger partial charge in [-0.15, -0.1) is 13.2 Å². The van der Waals surface area contributed by atoms with E-state index in [0.29, 0.717) is 45.3 Å². The minimum absolute atomic E-state index is 0.114. The summed E-state index contributed by atoms with van der Waals surface area (Å²) in [6, 6.07) is 7.93. The molecule has 3 amide bonds. The molecule has 4 rings (SSSR count). The van der Waals surface area contributed by atoms with E-state index < -0.39 is 35.1 Å². The van der Waals surface area contributed by atoms with Gasteiger partial charge in [0.05, 0.1) is 30.1 Å². The van der Waals surface area contributed by atoms with Crippen LogP contribution in [0.4, 0.5) is 0 Å². The second-order valence-electron chi connectivity index (χ2n) is 12.1. The Morgan fingerprint density at radius 2 is 1.80 bits per heavy atom. The van der Waals surface area contributed by atoms with Crippen molar-refractivity contribution in [3.05, 3.63) is 61.2 Å². The van der Waals surface area contributed by atoms with Crippen molar-refractivity contribution in [1.82, 2.24) is 14.7 Å². The predicted octanol–water partition coefficient (Wildman–Crippen LogP) is 3.59. The molecule has 1 spiro atoms. The van der Waals surface area contributed by atoms with Crippen molar-refractivity contribution in [3.63, 3.8) is 0 Å². The van der Waals surface area contributed by atoms with Gasteiger partial charge in [-0.3, -0.25) is 14.4 Å². The lowest BCUT2D eigenvalue weighted by molar-refractivity contribution is -0.158. The summed E-state index contributed by atoms with van der Waals surface area (Å²) in [7, 11) is 0. The third-order valence-corrected chi connectivity index (χ3v) is 9.42. The van der Waals surface area contributed by atoms with E-state index in [1.54, 1.807) is 26.9 Å². The first kappa shape index (κ1) is 31.0. The van der Waals surface area contributed by atoms with Gasteiger partial charge in [0, 0.05) is 25.7 Å². The summed E-state index contributed by atoms with van der Waals surface area (Å²) in [5.74, 6) is -2.12. The van der Waals surface area contributed by atoms with Crippen molar-refractivity contribution in [1.29, 1.82) is 0 Å². The fourth-order valence-corrected chi connectivity index (χ4v) is 7.61. The Hall–Kier alpha value is -2.97. The van der Waals surface area contributed by atoms with Crippen molar-refractivity contribution < 1.29 is 24.2 Å². The first-order valence-corrected chi connectivity index (χ1v) is 15.1. The minimum Gasteiger partial charge on any atom is -0.394 e. The molecule has 3 aliphatic rings. The van der Waals surface area contributed by atoms with Crippen LogP contribution in [0.25, 0.3) is 0 Å². The molecular weight excluding hydrogens is 518 g/mol. The van der Waals surface area contributed by atoms with Gasteiger partial charge in [-0.2, -0.15) is 0 Å². The molecule has 8 nitrogen and oxygen atoms in total. The van der Waals surface area contributed by atoms with Gasteiger partial charge in [0.1, 0.15) is 11.6 Å². The van der Waals surface area contributed by atoms with Gasteiger partial charge >= 0.3 is 0 Å². The molecule has 41 heavy (non-hydrogen) atoms. The predicted molar refractivity (Wildman–Crippen MR) is 159 cm³/mol. The van der Waals surface area contributed by atoms with Crippen LogP contribution in [0.5, 0.6) is 0 Å². The van der Waals surface area contributed by atoms with E-state index in [2.05, 4.69) is 13.2 Å². The van der Waals surface area contributed by atoms with E-state index in [1.165, 1.54) is 0 Å². The lowest BCUT2D eigenvalue weighted by atomic mass is 9.64. The van der Waals surface area contributed by atoms with Crippen LogP contribution in [0.2, 0.25) is 0 Å². The number of amides is 3. The number of carbonyl (C=O) groups excluding carboxylic acids is 3. The Bertz CT molecular complexity index is 1140. The first-order chi connectivity index (χ1) is 19.7. The molecule has 1 aromatic carbocycles.